The van der Waals surface area contributed by atoms with Crippen LogP contribution in [0.1, 0.15) is 27.4 Å². The number of carbonyl (C=O) groups is 1. The van der Waals surface area contributed by atoms with E-state index in [1.807, 2.05) is 71.6 Å². The van der Waals surface area contributed by atoms with Crippen molar-refractivity contribution in [3.05, 3.63) is 119 Å². The van der Waals surface area contributed by atoms with Gasteiger partial charge in [-0.2, -0.15) is 0 Å². The van der Waals surface area contributed by atoms with Crippen LogP contribution in [0.15, 0.2) is 95.4 Å². The normalized spacial score (nSPS) is 13.7. The molecular formula is C31H32ClN3O3. The third-order valence-corrected chi connectivity index (χ3v) is 7.17. The number of nitrogens with zero attached hydrogens (tertiary/aromatic N) is 3. The van der Waals surface area contributed by atoms with Crippen molar-refractivity contribution < 1.29 is 13.9 Å². The number of methoxy groups -OCH3 is 1. The van der Waals surface area contributed by atoms with Gasteiger partial charge in [-0.05, 0) is 35.9 Å². The molecule has 1 aromatic heterocycles. The average molecular weight is 530 g/mol. The van der Waals surface area contributed by atoms with Gasteiger partial charge in [-0.1, -0.05) is 72.3 Å². The van der Waals surface area contributed by atoms with Gasteiger partial charge >= 0.3 is 0 Å². The highest BCUT2D eigenvalue weighted by Gasteiger charge is 2.25. The molecule has 38 heavy (non-hydrogen) atoms. The Morgan fingerprint density at radius 3 is 2.32 bits per heavy atom. The van der Waals surface area contributed by atoms with Gasteiger partial charge < -0.3 is 19.0 Å². The minimum absolute atomic E-state index is 0.0746. The Hall–Kier alpha value is -3.74. The first-order valence-corrected chi connectivity index (χ1v) is 13.2. The minimum atomic E-state index is -0.0746. The zero-order valence-corrected chi connectivity index (χ0v) is 22.3. The molecule has 0 N–H and O–H groups in total. The van der Waals surface area contributed by atoms with Crippen LogP contribution in [0.25, 0.3) is 0 Å². The minimum Gasteiger partial charge on any atom is -0.496 e. The van der Waals surface area contributed by atoms with E-state index in [4.69, 9.17) is 20.8 Å². The smallest absolute Gasteiger partial charge is 0.289 e. The third-order valence-electron chi connectivity index (χ3n) is 6.85. The fourth-order valence-electron chi connectivity index (χ4n) is 4.90. The number of piperazine rings is 1. The molecule has 0 spiro atoms. The van der Waals surface area contributed by atoms with E-state index in [-0.39, 0.29) is 5.91 Å². The molecule has 0 bridgehead atoms. The summed E-state index contributed by atoms with van der Waals surface area (Å²) in [6.07, 6.45) is 0. The van der Waals surface area contributed by atoms with Crippen molar-refractivity contribution in [2.75, 3.05) is 38.2 Å². The summed E-state index contributed by atoms with van der Waals surface area (Å²) in [5.41, 5.74) is 3.32. The lowest BCUT2D eigenvalue weighted by Crippen LogP contribution is -2.48. The highest BCUT2D eigenvalue weighted by Crippen LogP contribution is 2.27. The number of furan rings is 1. The maximum atomic E-state index is 13.2. The van der Waals surface area contributed by atoms with Crippen molar-refractivity contribution >= 4 is 23.2 Å². The molecule has 4 aromatic rings. The second-order valence-corrected chi connectivity index (χ2v) is 9.85. The summed E-state index contributed by atoms with van der Waals surface area (Å²) >= 11 is 6.37. The summed E-state index contributed by atoms with van der Waals surface area (Å²) in [4.78, 5) is 19.6. The molecule has 1 aliphatic rings. The Balaban J connectivity index is 1.25. The van der Waals surface area contributed by atoms with Crippen LogP contribution in [-0.4, -0.2) is 49.0 Å². The fourth-order valence-corrected chi connectivity index (χ4v) is 5.15. The van der Waals surface area contributed by atoms with E-state index < -0.39 is 0 Å². The number of hydrogen-bond donors (Lipinski definition) is 0. The van der Waals surface area contributed by atoms with Crippen molar-refractivity contribution in [2.24, 2.45) is 0 Å². The van der Waals surface area contributed by atoms with E-state index in [1.165, 1.54) is 5.56 Å². The Labute approximate surface area is 229 Å². The van der Waals surface area contributed by atoms with Crippen molar-refractivity contribution in [2.45, 2.75) is 19.6 Å². The molecule has 7 heteroatoms. The van der Waals surface area contributed by atoms with Gasteiger partial charge in [-0.15, -0.1) is 0 Å². The number of anilines is 1. The predicted octanol–water partition coefficient (Wildman–Crippen LogP) is 6.11. The molecule has 3 aromatic carbocycles. The number of carbonyl (C=O) groups excluding carboxylic acids is 1. The molecule has 0 aliphatic carbocycles. The van der Waals surface area contributed by atoms with E-state index in [2.05, 4.69) is 28.0 Å². The summed E-state index contributed by atoms with van der Waals surface area (Å²) in [5, 5.41) is 0.733. The van der Waals surface area contributed by atoms with Crippen molar-refractivity contribution in [3.63, 3.8) is 0 Å². The third kappa shape index (κ3) is 6.21. The number of ether oxygens (including phenoxy) is 1. The average Bonchev–Trinajstić information content (AvgIpc) is 3.42. The molecule has 0 unspecified atom stereocenters. The molecule has 1 saturated heterocycles. The van der Waals surface area contributed by atoms with Gasteiger partial charge in [-0.3, -0.25) is 9.69 Å². The Bertz CT molecular complexity index is 1350. The summed E-state index contributed by atoms with van der Waals surface area (Å²) in [5.74, 6) is 1.92. The first kappa shape index (κ1) is 25.9. The predicted molar refractivity (Wildman–Crippen MR) is 151 cm³/mol. The second-order valence-electron chi connectivity index (χ2n) is 9.44. The van der Waals surface area contributed by atoms with Gasteiger partial charge in [0.1, 0.15) is 11.5 Å². The van der Waals surface area contributed by atoms with Crippen molar-refractivity contribution in [1.29, 1.82) is 0 Å². The number of halogens is 1. The first-order chi connectivity index (χ1) is 18.6. The zero-order valence-electron chi connectivity index (χ0n) is 21.6. The zero-order chi connectivity index (χ0) is 26.3. The Morgan fingerprint density at radius 1 is 0.842 bits per heavy atom. The summed E-state index contributed by atoms with van der Waals surface area (Å²) in [7, 11) is 1.69. The number of para-hydroxylation sites is 2. The lowest BCUT2D eigenvalue weighted by molar-refractivity contribution is 0.0710. The molecule has 0 atom stereocenters. The fraction of sp³-hybridized carbons (Fsp3) is 0.258. The van der Waals surface area contributed by atoms with Crippen LogP contribution in [-0.2, 0) is 19.6 Å². The number of amides is 1. The number of hydrogen-bond acceptors (Lipinski definition) is 5. The highest BCUT2D eigenvalue weighted by molar-refractivity contribution is 6.33. The van der Waals surface area contributed by atoms with E-state index in [0.717, 1.165) is 47.4 Å². The van der Waals surface area contributed by atoms with Gasteiger partial charge in [0.25, 0.3) is 5.91 Å². The lowest BCUT2D eigenvalue weighted by atomic mass is 10.1. The van der Waals surface area contributed by atoms with Crippen molar-refractivity contribution in [1.82, 2.24) is 9.80 Å². The van der Waals surface area contributed by atoms with Gasteiger partial charge in [0.05, 0.1) is 24.4 Å². The first-order valence-electron chi connectivity index (χ1n) is 12.9. The van der Waals surface area contributed by atoms with Gasteiger partial charge in [0.15, 0.2) is 5.76 Å². The quantitative estimate of drug-likeness (QED) is 0.262. The summed E-state index contributed by atoms with van der Waals surface area (Å²) in [6, 6.07) is 29.9. The summed E-state index contributed by atoms with van der Waals surface area (Å²) in [6.45, 7) is 4.70. The van der Waals surface area contributed by atoms with Crippen LogP contribution < -0.4 is 9.64 Å². The van der Waals surface area contributed by atoms with E-state index >= 15 is 0 Å². The monoisotopic (exact) mass is 529 g/mol. The SMILES string of the molecule is COc1ccccc1CN(Cc1ccccc1)Cc1ccc(C(=O)N2CCN(c3ccccc3Cl)CC2)o1. The van der Waals surface area contributed by atoms with Crippen LogP contribution >= 0.6 is 11.6 Å². The van der Waals surface area contributed by atoms with Crippen LogP contribution in [0.3, 0.4) is 0 Å². The van der Waals surface area contributed by atoms with Crippen molar-refractivity contribution in [3.8, 4) is 5.75 Å². The molecule has 2 heterocycles. The Kier molecular flexibility index (Phi) is 8.31. The molecule has 5 rings (SSSR count). The molecule has 196 valence electrons. The lowest BCUT2D eigenvalue weighted by Gasteiger charge is -2.36. The Morgan fingerprint density at radius 2 is 1.55 bits per heavy atom. The molecule has 1 fully saturated rings. The van der Waals surface area contributed by atoms with E-state index in [0.29, 0.717) is 31.9 Å². The molecule has 0 radical (unpaired) electrons. The maximum Gasteiger partial charge on any atom is 0.289 e. The molecule has 6 nitrogen and oxygen atoms in total. The second kappa shape index (κ2) is 12.2. The van der Waals surface area contributed by atoms with Crippen LogP contribution in [0.2, 0.25) is 5.02 Å². The molecule has 0 saturated carbocycles. The van der Waals surface area contributed by atoms with Gasteiger partial charge in [-0.25, -0.2) is 0 Å². The number of rotatable bonds is 9. The molecular weight excluding hydrogens is 498 g/mol. The van der Waals surface area contributed by atoms with Gasteiger partial charge in [0.2, 0.25) is 0 Å². The van der Waals surface area contributed by atoms with E-state index in [1.54, 1.807) is 13.2 Å². The standard InChI is InChI=1S/C31H32ClN3O3/c1-37-29-14-8-5-11-25(29)22-33(21-24-9-3-2-4-10-24)23-26-15-16-30(38-26)31(36)35-19-17-34(18-20-35)28-13-7-6-12-27(28)32/h2-16H,17-23H2,1H3. The number of benzene rings is 3. The maximum absolute atomic E-state index is 13.2. The topological polar surface area (TPSA) is 49.2 Å². The van der Waals surface area contributed by atoms with Crippen LogP contribution in [0.4, 0.5) is 5.69 Å². The molecule has 1 amide bonds. The highest BCUT2D eigenvalue weighted by atomic mass is 35.5. The van der Waals surface area contributed by atoms with Gasteiger partial charge in [0, 0.05) is 44.8 Å². The molecule has 1 aliphatic heterocycles. The van der Waals surface area contributed by atoms with Crippen LogP contribution in [0, 0.1) is 0 Å². The largest absolute Gasteiger partial charge is 0.496 e. The summed E-state index contributed by atoms with van der Waals surface area (Å²) < 4.78 is 11.7. The van der Waals surface area contributed by atoms with Crippen LogP contribution in [0.5, 0.6) is 5.75 Å². The van der Waals surface area contributed by atoms with E-state index in [9.17, 15) is 4.79 Å².